The second-order valence-electron chi connectivity index (χ2n) is 5.42. The highest BCUT2D eigenvalue weighted by molar-refractivity contribution is 5.86. The van der Waals surface area contributed by atoms with Gasteiger partial charge in [0.05, 0.1) is 0 Å². The molecule has 0 spiro atoms. The Kier molecular flexibility index (Phi) is 4.24. The molecule has 22 heavy (non-hydrogen) atoms. The number of fused-ring (bicyclic) bond motifs is 1. The molecule has 1 N–H and O–H groups in total. The number of carbonyl (C=O) groups excluding carboxylic acids is 1. The van der Waals surface area contributed by atoms with Gasteiger partial charge in [0.1, 0.15) is 18.6 Å². The van der Waals surface area contributed by atoms with Gasteiger partial charge in [-0.1, -0.05) is 30.3 Å². The van der Waals surface area contributed by atoms with E-state index in [0.29, 0.717) is 13.0 Å². The minimum Gasteiger partial charge on any atom is -0.489 e. The molecular formula is C19H19NO2. The number of carbonyl (C=O) groups is 1. The molecule has 0 aliphatic rings. The second kappa shape index (κ2) is 6.48. The number of aromatic nitrogens is 1. The zero-order chi connectivity index (χ0) is 15.4. The highest BCUT2D eigenvalue weighted by Gasteiger charge is 2.09. The third-order valence-corrected chi connectivity index (χ3v) is 3.85. The normalized spacial score (nSPS) is 10.8. The van der Waals surface area contributed by atoms with E-state index in [4.69, 9.17) is 4.74 Å². The van der Waals surface area contributed by atoms with Gasteiger partial charge in [0.25, 0.3) is 0 Å². The third-order valence-electron chi connectivity index (χ3n) is 3.85. The standard InChI is InChI=1S/C19H19NO2/c1-14-17(8-5-11-21)18-12-16(9-10-19(18)20-14)22-13-15-6-3-2-4-7-15/h2-4,6-7,9-12,20H,5,8,13H2,1H3. The number of aryl methyl sites for hydroxylation is 2. The lowest BCUT2D eigenvalue weighted by Gasteiger charge is -2.07. The molecule has 0 bridgehead atoms. The Balaban J connectivity index is 1.83. The van der Waals surface area contributed by atoms with E-state index in [9.17, 15) is 4.79 Å². The highest BCUT2D eigenvalue weighted by Crippen LogP contribution is 2.27. The van der Waals surface area contributed by atoms with Crippen LogP contribution < -0.4 is 4.74 Å². The van der Waals surface area contributed by atoms with Gasteiger partial charge in [-0.05, 0) is 42.7 Å². The van der Waals surface area contributed by atoms with E-state index in [1.807, 2.05) is 37.3 Å². The fourth-order valence-electron chi connectivity index (χ4n) is 2.72. The Hall–Kier alpha value is -2.55. The highest BCUT2D eigenvalue weighted by atomic mass is 16.5. The summed E-state index contributed by atoms with van der Waals surface area (Å²) in [5.74, 6) is 0.850. The Morgan fingerprint density at radius 1 is 1.14 bits per heavy atom. The smallest absolute Gasteiger partial charge is 0.120 e. The molecule has 0 atom stereocenters. The van der Waals surface area contributed by atoms with Crippen LogP contribution in [-0.4, -0.2) is 11.3 Å². The molecule has 0 saturated carbocycles. The second-order valence-corrected chi connectivity index (χ2v) is 5.42. The molecule has 0 aliphatic carbocycles. The molecule has 0 unspecified atom stereocenters. The van der Waals surface area contributed by atoms with Crippen molar-refractivity contribution in [2.45, 2.75) is 26.4 Å². The van der Waals surface area contributed by atoms with Crippen LogP contribution in [0, 0.1) is 6.92 Å². The predicted octanol–water partition coefficient (Wildman–Crippen LogP) is 4.19. The SMILES string of the molecule is Cc1[nH]c2ccc(OCc3ccccc3)cc2c1CCC=O. The Morgan fingerprint density at radius 3 is 2.73 bits per heavy atom. The van der Waals surface area contributed by atoms with Crippen molar-refractivity contribution in [1.29, 1.82) is 0 Å². The van der Waals surface area contributed by atoms with Crippen LogP contribution in [0.1, 0.15) is 23.2 Å². The van der Waals surface area contributed by atoms with Crippen LogP contribution in [0.4, 0.5) is 0 Å². The van der Waals surface area contributed by atoms with E-state index in [2.05, 4.69) is 23.2 Å². The lowest BCUT2D eigenvalue weighted by molar-refractivity contribution is -0.107. The van der Waals surface area contributed by atoms with Gasteiger partial charge in [-0.25, -0.2) is 0 Å². The maximum absolute atomic E-state index is 10.6. The van der Waals surface area contributed by atoms with Gasteiger partial charge in [-0.2, -0.15) is 0 Å². The van der Waals surface area contributed by atoms with Crippen molar-refractivity contribution < 1.29 is 9.53 Å². The maximum Gasteiger partial charge on any atom is 0.120 e. The molecule has 3 nitrogen and oxygen atoms in total. The Bertz CT molecular complexity index is 775. The number of rotatable bonds is 6. The van der Waals surface area contributed by atoms with Gasteiger partial charge in [-0.15, -0.1) is 0 Å². The van der Waals surface area contributed by atoms with E-state index in [1.165, 1.54) is 5.56 Å². The van der Waals surface area contributed by atoms with Gasteiger partial charge in [0.15, 0.2) is 0 Å². The first-order valence-electron chi connectivity index (χ1n) is 7.49. The summed E-state index contributed by atoms with van der Waals surface area (Å²) in [6.07, 6.45) is 2.27. The molecule has 1 aromatic heterocycles. The van der Waals surface area contributed by atoms with Crippen molar-refractivity contribution in [3.8, 4) is 5.75 Å². The van der Waals surface area contributed by atoms with Crippen molar-refractivity contribution in [1.82, 2.24) is 4.98 Å². The number of aromatic amines is 1. The van der Waals surface area contributed by atoms with Gasteiger partial charge in [0.2, 0.25) is 0 Å². The summed E-state index contributed by atoms with van der Waals surface area (Å²) < 4.78 is 5.89. The first kappa shape index (κ1) is 14.4. The van der Waals surface area contributed by atoms with Gasteiger partial charge in [0, 0.05) is 23.0 Å². The summed E-state index contributed by atoms with van der Waals surface area (Å²) in [5, 5.41) is 1.14. The van der Waals surface area contributed by atoms with E-state index < -0.39 is 0 Å². The van der Waals surface area contributed by atoms with Crippen molar-refractivity contribution in [2.75, 3.05) is 0 Å². The monoisotopic (exact) mass is 293 g/mol. The van der Waals surface area contributed by atoms with Gasteiger partial charge >= 0.3 is 0 Å². The van der Waals surface area contributed by atoms with Crippen molar-refractivity contribution in [3.05, 3.63) is 65.4 Å². The van der Waals surface area contributed by atoms with Crippen LogP contribution in [0.25, 0.3) is 10.9 Å². The predicted molar refractivity (Wildman–Crippen MR) is 88.2 cm³/mol. The van der Waals surface area contributed by atoms with E-state index >= 15 is 0 Å². The molecule has 112 valence electrons. The Morgan fingerprint density at radius 2 is 1.95 bits per heavy atom. The summed E-state index contributed by atoms with van der Waals surface area (Å²) in [6.45, 7) is 2.60. The average Bonchev–Trinajstić information content (AvgIpc) is 2.86. The average molecular weight is 293 g/mol. The fraction of sp³-hybridized carbons (Fsp3) is 0.211. The zero-order valence-electron chi connectivity index (χ0n) is 12.6. The molecule has 0 radical (unpaired) electrons. The van der Waals surface area contributed by atoms with Crippen LogP contribution in [0.2, 0.25) is 0 Å². The fourth-order valence-corrected chi connectivity index (χ4v) is 2.72. The molecule has 3 heteroatoms. The van der Waals surface area contributed by atoms with Crippen molar-refractivity contribution in [2.24, 2.45) is 0 Å². The summed E-state index contributed by atoms with van der Waals surface area (Å²) in [4.78, 5) is 14.0. The number of hydrogen-bond acceptors (Lipinski definition) is 2. The van der Waals surface area contributed by atoms with Gasteiger partial charge < -0.3 is 14.5 Å². The topological polar surface area (TPSA) is 42.1 Å². The first-order valence-corrected chi connectivity index (χ1v) is 7.49. The maximum atomic E-state index is 10.6. The number of benzene rings is 2. The molecule has 0 fully saturated rings. The number of ether oxygens (including phenoxy) is 1. The number of hydrogen-bond donors (Lipinski definition) is 1. The minimum atomic E-state index is 0.545. The molecular weight excluding hydrogens is 274 g/mol. The number of H-pyrrole nitrogens is 1. The summed E-state index contributed by atoms with van der Waals surface area (Å²) in [6, 6.07) is 16.2. The van der Waals surface area contributed by atoms with E-state index in [1.54, 1.807) is 0 Å². The van der Waals surface area contributed by atoms with Crippen molar-refractivity contribution >= 4 is 17.2 Å². The first-order chi connectivity index (χ1) is 10.8. The van der Waals surface area contributed by atoms with Crippen LogP contribution in [0.15, 0.2) is 48.5 Å². The Labute approximate surface area is 129 Å². The number of aldehydes is 1. The van der Waals surface area contributed by atoms with Crippen LogP contribution in [-0.2, 0) is 17.8 Å². The minimum absolute atomic E-state index is 0.545. The summed E-state index contributed by atoms with van der Waals surface area (Å²) in [5.41, 5.74) is 4.56. The van der Waals surface area contributed by atoms with E-state index in [0.717, 1.165) is 40.6 Å². The molecule has 3 rings (SSSR count). The largest absolute Gasteiger partial charge is 0.489 e. The van der Waals surface area contributed by atoms with Crippen LogP contribution >= 0.6 is 0 Å². The van der Waals surface area contributed by atoms with Crippen molar-refractivity contribution in [3.63, 3.8) is 0 Å². The zero-order valence-corrected chi connectivity index (χ0v) is 12.6. The van der Waals surface area contributed by atoms with Crippen LogP contribution in [0.3, 0.4) is 0 Å². The molecule has 0 saturated heterocycles. The molecule has 0 aliphatic heterocycles. The summed E-state index contributed by atoms with van der Waals surface area (Å²) >= 11 is 0. The quantitative estimate of drug-likeness (QED) is 0.692. The lowest BCUT2D eigenvalue weighted by Crippen LogP contribution is -1.95. The molecule has 3 aromatic rings. The molecule has 1 heterocycles. The van der Waals surface area contributed by atoms with E-state index in [-0.39, 0.29) is 0 Å². The lowest BCUT2D eigenvalue weighted by atomic mass is 10.1. The summed E-state index contributed by atoms with van der Waals surface area (Å²) in [7, 11) is 0. The van der Waals surface area contributed by atoms with Gasteiger partial charge in [-0.3, -0.25) is 0 Å². The molecule has 2 aromatic carbocycles. The number of nitrogens with one attached hydrogen (secondary N) is 1. The molecule has 0 amide bonds. The third kappa shape index (κ3) is 3.03. The van der Waals surface area contributed by atoms with Crippen LogP contribution in [0.5, 0.6) is 5.75 Å².